The zero-order valence-electron chi connectivity index (χ0n) is 8.19. The summed E-state index contributed by atoms with van der Waals surface area (Å²) in [5, 5.41) is 16.0. The quantitative estimate of drug-likeness (QED) is 0.907. The molecule has 6 heteroatoms. The number of nitrogens with zero attached hydrogens (tertiary/aromatic N) is 2. The van der Waals surface area contributed by atoms with Gasteiger partial charge in [-0.1, -0.05) is 22.0 Å². The molecule has 2 aromatic rings. The van der Waals surface area contributed by atoms with Crippen molar-refractivity contribution in [2.45, 2.75) is 12.5 Å². The van der Waals surface area contributed by atoms with Gasteiger partial charge in [0.1, 0.15) is 18.2 Å². The lowest BCUT2D eigenvalue weighted by atomic mass is 10.1. The molecule has 1 aromatic heterocycles. The summed E-state index contributed by atoms with van der Waals surface area (Å²) in [6, 6.07) is 4.34. The van der Waals surface area contributed by atoms with Gasteiger partial charge >= 0.3 is 0 Å². The number of aliphatic hydroxyl groups excluding tert-OH is 1. The van der Waals surface area contributed by atoms with Gasteiger partial charge in [-0.15, -0.1) is 0 Å². The van der Waals surface area contributed by atoms with Crippen LogP contribution in [0.15, 0.2) is 29.0 Å². The molecule has 1 heterocycles. The molecule has 0 amide bonds. The van der Waals surface area contributed by atoms with Crippen LogP contribution in [0.1, 0.15) is 17.5 Å². The van der Waals surface area contributed by atoms with Crippen molar-refractivity contribution >= 4 is 15.9 Å². The third kappa shape index (κ3) is 2.45. The van der Waals surface area contributed by atoms with Crippen molar-refractivity contribution in [3.63, 3.8) is 0 Å². The van der Waals surface area contributed by atoms with Crippen LogP contribution in [0.2, 0.25) is 0 Å². The van der Waals surface area contributed by atoms with Crippen LogP contribution in [0.5, 0.6) is 0 Å². The molecule has 0 radical (unpaired) electrons. The first kappa shape index (κ1) is 11.2. The molecule has 2 N–H and O–H groups in total. The molecule has 0 saturated heterocycles. The molecule has 1 atom stereocenters. The van der Waals surface area contributed by atoms with Crippen molar-refractivity contribution in [1.29, 1.82) is 0 Å². The summed E-state index contributed by atoms with van der Waals surface area (Å²) in [4.78, 5) is 3.85. The summed E-state index contributed by atoms with van der Waals surface area (Å²) in [7, 11) is 0. The minimum atomic E-state index is -0.774. The summed E-state index contributed by atoms with van der Waals surface area (Å²) in [5.74, 6) is 0.0843. The molecule has 2 rings (SSSR count). The van der Waals surface area contributed by atoms with E-state index in [4.69, 9.17) is 0 Å². The number of hydrogen-bond acceptors (Lipinski definition) is 3. The zero-order chi connectivity index (χ0) is 11.5. The molecule has 16 heavy (non-hydrogen) atoms. The lowest BCUT2D eigenvalue weighted by molar-refractivity contribution is 0.168. The summed E-state index contributed by atoms with van der Waals surface area (Å²) in [6.45, 7) is 0. The Hall–Kier alpha value is -1.27. The normalized spacial score (nSPS) is 12.7. The monoisotopic (exact) mass is 285 g/mol. The number of nitrogens with one attached hydrogen (secondary N) is 1. The third-order valence-corrected chi connectivity index (χ3v) is 2.92. The fraction of sp³-hybridized carbons (Fsp3) is 0.200. The molecule has 0 aliphatic heterocycles. The Kier molecular flexibility index (Phi) is 3.31. The first-order chi connectivity index (χ1) is 7.66. The lowest BCUT2D eigenvalue weighted by Gasteiger charge is -2.08. The largest absolute Gasteiger partial charge is 0.385 e. The number of H-pyrrole nitrogens is 1. The summed E-state index contributed by atoms with van der Waals surface area (Å²) < 4.78 is 13.5. The van der Waals surface area contributed by atoms with E-state index in [9.17, 15) is 9.50 Å². The Balaban J connectivity index is 2.15. The molecule has 0 aliphatic carbocycles. The van der Waals surface area contributed by atoms with Crippen molar-refractivity contribution in [3.8, 4) is 0 Å². The predicted molar refractivity (Wildman–Crippen MR) is 59.1 cm³/mol. The third-order valence-electron chi connectivity index (χ3n) is 2.18. The Morgan fingerprint density at radius 3 is 2.94 bits per heavy atom. The fourth-order valence-corrected chi connectivity index (χ4v) is 1.88. The summed E-state index contributed by atoms with van der Waals surface area (Å²) in [6.07, 6.45) is 0.901. The second-order valence-electron chi connectivity index (χ2n) is 3.33. The summed E-state index contributed by atoms with van der Waals surface area (Å²) in [5.41, 5.74) is 0.810. The maximum atomic E-state index is 12.8. The molecule has 1 aromatic carbocycles. The first-order valence-corrected chi connectivity index (χ1v) is 5.43. The molecule has 0 aliphatic rings. The lowest BCUT2D eigenvalue weighted by Crippen LogP contribution is -2.04. The van der Waals surface area contributed by atoms with E-state index in [2.05, 4.69) is 31.1 Å². The highest BCUT2D eigenvalue weighted by Crippen LogP contribution is 2.22. The highest BCUT2D eigenvalue weighted by atomic mass is 79.9. The van der Waals surface area contributed by atoms with E-state index in [0.717, 1.165) is 5.56 Å². The van der Waals surface area contributed by atoms with Crippen molar-refractivity contribution in [2.24, 2.45) is 0 Å². The van der Waals surface area contributed by atoms with Crippen LogP contribution < -0.4 is 0 Å². The van der Waals surface area contributed by atoms with Gasteiger partial charge in [-0.3, -0.25) is 5.10 Å². The smallest absolute Gasteiger partial charge is 0.153 e. The van der Waals surface area contributed by atoms with Gasteiger partial charge in [-0.25, -0.2) is 9.37 Å². The van der Waals surface area contributed by atoms with Crippen LogP contribution in [-0.2, 0) is 6.42 Å². The second-order valence-corrected chi connectivity index (χ2v) is 4.18. The Morgan fingerprint density at radius 1 is 1.50 bits per heavy atom. The molecule has 84 valence electrons. The number of aromatic amines is 1. The number of aromatic nitrogens is 3. The minimum absolute atomic E-state index is 0.315. The molecule has 0 saturated carbocycles. The highest BCUT2D eigenvalue weighted by Gasteiger charge is 2.13. The molecule has 0 fully saturated rings. The van der Waals surface area contributed by atoms with E-state index in [1.165, 1.54) is 18.5 Å². The van der Waals surface area contributed by atoms with Crippen molar-refractivity contribution < 1.29 is 9.50 Å². The maximum absolute atomic E-state index is 12.8. The molecule has 0 bridgehead atoms. The number of aliphatic hydroxyl groups is 1. The maximum Gasteiger partial charge on any atom is 0.153 e. The van der Waals surface area contributed by atoms with Gasteiger partial charge in [-0.2, -0.15) is 5.10 Å². The second kappa shape index (κ2) is 4.71. The molecular weight excluding hydrogens is 277 g/mol. The Bertz CT molecular complexity index is 475. The predicted octanol–water partition coefficient (Wildman–Crippen LogP) is 1.98. The highest BCUT2D eigenvalue weighted by molar-refractivity contribution is 9.10. The fourth-order valence-electron chi connectivity index (χ4n) is 1.37. The first-order valence-electron chi connectivity index (χ1n) is 4.64. The van der Waals surface area contributed by atoms with Gasteiger partial charge < -0.3 is 5.11 Å². The van der Waals surface area contributed by atoms with Crippen molar-refractivity contribution in [1.82, 2.24) is 15.2 Å². The van der Waals surface area contributed by atoms with Gasteiger partial charge in [0.2, 0.25) is 0 Å². The van der Waals surface area contributed by atoms with Gasteiger partial charge in [0.25, 0.3) is 0 Å². The SMILES string of the molecule is OC(Cc1ccc(F)cc1Br)c1ncn[nH]1. The zero-order valence-corrected chi connectivity index (χ0v) is 9.78. The van der Waals surface area contributed by atoms with E-state index in [1.807, 2.05) is 0 Å². The van der Waals surface area contributed by atoms with Crippen molar-refractivity contribution in [3.05, 3.63) is 46.2 Å². The number of benzene rings is 1. The van der Waals surface area contributed by atoms with Gasteiger partial charge in [-0.05, 0) is 17.7 Å². The average molecular weight is 286 g/mol. The van der Waals surface area contributed by atoms with Crippen LogP contribution in [0.3, 0.4) is 0 Å². The van der Waals surface area contributed by atoms with E-state index in [0.29, 0.717) is 16.7 Å². The van der Waals surface area contributed by atoms with Crippen molar-refractivity contribution in [2.75, 3.05) is 0 Å². The number of hydrogen-bond donors (Lipinski definition) is 2. The van der Waals surface area contributed by atoms with E-state index < -0.39 is 6.10 Å². The van der Waals surface area contributed by atoms with Crippen LogP contribution in [-0.4, -0.2) is 20.3 Å². The topological polar surface area (TPSA) is 61.8 Å². The van der Waals surface area contributed by atoms with Gasteiger partial charge in [0, 0.05) is 10.9 Å². The molecule has 4 nitrogen and oxygen atoms in total. The number of halogens is 2. The van der Waals surface area contributed by atoms with E-state index in [1.54, 1.807) is 6.07 Å². The minimum Gasteiger partial charge on any atom is -0.385 e. The van der Waals surface area contributed by atoms with Crippen LogP contribution >= 0.6 is 15.9 Å². The van der Waals surface area contributed by atoms with E-state index >= 15 is 0 Å². The van der Waals surface area contributed by atoms with E-state index in [-0.39, 0.29) is 5.82 Å². The molecule has 1 unspecified atom stereocenters. The summed E-state index contributed by atoms with van der Waals surface area (Å²) >= 11 is 3.24. The Morgan fingerprint density at radius 2 is 2.31 bits per heavy atom. The molecular formula is C10H9BrFN3O. The van der Waals surface area contributed by atoms with Crippen LogP contribution in [0.25, 0.3) is 0 Å². The van der Waals surface area contributed by atoms with Crippen LogP contribution in [0.4, 0.5) is 4.39 Å². The van der Waals surface area contributed by atoms with Gasteiger partial charge in [0.05, 0.1) is 0 Å². The average Bonchev–Trinajstić information content (AvgIpc) is 2.75. The Labute approximate surface area is 99.7 Å². The standard InChI is InChI=1S/C10H9BrFN3O/c11-8-4-7(12)2-1-6(8)3-9(16)10-13-5-14-15-10/h1-2,4-5,9,16H,3H2,(H,13,14,15). The number of rotatable bonds is 3. The molecule has 0 spiro atoms. The van der Waals surface area contributed by atoms with Crippen LogP contribution in [0, 0.1) is 5.82 Å². The van der Waals surface area contributed by atoms with Gasteiger partial charge in [0.15, 0.2) is 5.82 Å².